The average molecular weight is 454 g/mol. The van der Waals surface area contributed by atoms with Crippen molar-refractivity contribution in [1.82, 2.24) is 15.5 Å². The van der Waals surface area contributed by atoms with E-state index in [9.17, 15) is 19.1 Å². The van der Waals surface area contributed by atoms with Gasteiger partial charge in [-0.05, 0) is 21.8 Å². The highest BCUT2D eigenvalue weighted by atomic mass is 32.2. The molecule has 1 unspecified atom stereocenters. The number of nitro benzene ring substituents is 1. The highest BCUT2D eigenvalue weighted by Crippen LogP contribution is 2.21. The van der Waals surface area contributed by atoms with Gasteiger partial charge in [-0.3, -0.25) is 19.1 Å². The second-order valence-electron chi connectivity index (χ2n) is 7.31. The van der Waals surface area contributed by atoms with Crippen LogP contribution in [-0.2, 0) is 24.8 Å². The van der Waals surface area contributed by atoms with Gasteiger partial charge in [-0.2, -0.15) is 0 Å². The van der Waals surface area contributed by atoms with E-state index < -0.39 is 20.5 Å². The fourth-order valence-electron chi connectivity index (χ4n) is 3.21. The molecule has 2 atom stereocenters. The fourth-order valence-corrected chi connectivity index (χ4v) is 4.83. The minimum atomic E-state index is -2.71. The molecule has 1 fully saturated rings. The summed E-state index contributed by atoms with van der Waals surface area (Å²) in [6.07, 6.45) is 0.225. The van der Waals surface area contributed by atoms with Crippen LogP contribution in [0.25, 0.3) is 0 Å². The molecule has 0 aromatic heterocycles. The van der Waals surface area contributed by atoms with Crippen LogP contribution in [0.1, 0.15) is 12.0 Å². The average Bonchev–Trinajstić information content (AvgIpc) is 2.75. The number of nitro groups is 1. The van der Waals surface area contributed by atoms with Crippen LogP contribution >= 0.6 is 0 Å². The molecule has 0 saturated carbocycles. The van der Waals surface area contributed by atoms with E-state index in [-0.39, 0.29) is 29.5 Å². The number of nitrogens with two attached hydrogens (primary N) is 1. The Bertz CT molecular complexity index is 884. The topological polar surface area (TPSA) is 140 Å². The molecule has 1 aliphatic heterocycles. The molecule has 4 N–H and O–H groups in total. The maximum absolute atomic E-state index is 13.1. The zero-order valence-corrected chi connectivity index (χ0v) is 18.4. The van der Waals surface area contributed by atoms with Gasteiger partial charge in [0, 0.05) is 49.3 Å². The van der Waals surface area contributed by atoms with Crippen molar-refractivity contribution in [2.75, 3.05) is 45.1 Å². The van der Waals surface area contributed by atoms with Gasteiger partial charge >= 0.3 is 0 Å². The quantitative estimate of drug-likeness (QED) is 0.229. The van der Waals surface area contributed by atoms with E-state index in [4.69, 9.17) is 10.5 Å². The number of hydrogen-bond acceptors (Lipinski definition) is 8. The molecule has 0 radical (unpaired) electrons. The van der Waals surface area contributed by atoms with Crippen molar-refractivity contribution in [2.45, 2.75) is 18.2 Å². The first kappa shape index (κ1) is 24.6. The maximum Gasteiger partial charge on any atom is 0.273 e. The first-order valence-corrected chi connectivity index (χ1v) is 12.1. The lowest BCUT2D eigenvalue weighted by Crippen LogP contribution is -2.49. The number of benzene rings is 1. The molecule has 0 aliphatic carbocycles. The van der Waals surface area contributed by atoms with Crippen LogP contribution in [-0.4, -0.2) is 77.0 Å². The number of hydrogen-bond donors (Lipinski definition) is 3. The number of carbonyl (C=O) groups is 1. The molecule has 1 saturated heterocycles. The normalized spacial score (nSPS) is 16.7. The van der Waals surface area contributed by atoms with Crippen LogP contribution in [0.4, 0.5) is 5.69 Å². The first-order chi connectivity index (χ1) is 14.7. The van der Waals surface area contributed by atoms with E-state index in [1.165, 1.54) is 6.07 Å². The van der Waals surface area contributed by atoms with Gasteiger partial charge < -0.3 is 26.0 Å². The zero-order valence-electron chi connectivity index (χ0n) is 17.6. The Labute approximate surface area is 183 Å². The Kier molecular flexibility index (Phi) is 9.28. The zero-order chi connectivity index (χ0) is 22.9. The van der Waals surface area contributed by atoms with E-state index >= 15 is 0 Å². The fraction of sp³-hybridized carbons (Fsp3) is 0.500. The SMILES string of the molecule is C=C(N[C@@H](CCS(=C)(=O)Cc1ccccc1[N+](=O)[O-])C(=O)NCCN)N1CCOCC1. The molecular formula is C20H31N5O5S. The molecule has 1 amide bonds. The van der Waals surface area contributed by atoms with Crippen molar-refractivity contribution in [1.29, 1.82) is 0 Å². The lowest BCUT2D eigenvalue weighted by molar-refractivity contribution is -0.385. The lowest BCUT2D eigenvalue weighted by Gasteiger charge is -2.33. The van der Waals surface area contributed by atoms with Crippen LogP contribution in [0.3, 0.4) is 0 Å². The van der Waals surface area contributed by atoms with Gasteiger partial charge in [0.15, 0.2) is 0 Å². The van der Waals surface area contributed by atoms with Gasteiger partial charge in [-0.25, -0.2) is 0 Å². The molecule has 0 spiro atoms. The Morgan fingerprint density at radius 1 is 1.35 bits per heavy atom. The molecular weight excluding hydrogens is 422 g/mol. The molecule has 1 heterocycles. The predicted molar refractivity (Wildman–Crippen MR) is 122 cm³/mol. The summed E-state index contributed by atoms with van der Waals surface area (Å²) in [5.41, 5.74) is 5.75. The number of nitrogens with zero attached hydrogens (tertiary/aromatic N) is 2. The molecule has 1 aromatic rings. The number of carbonyl (C=O) groups excluding carboxylic acids is 1. The summed E-state index contributed by atoms with van der Waals surface area (Å²) in [6, 6.07) is 5.49. The number of ether oxygens (including phenoxy) is 1. The number of para-hydroxylation sites is 1. The lowest BCUT2D eigenvalue weighted by atomic mass is 10.2. The summed E-state index contributed by atoms with van der Waals surface area (Å²) in [4.78, 5) is 25.3. The van der Waals surface area contributed by atoms with Crippen molar-refractivity contribution >= 4 is 27.0 Å². The van der Waals surface area contributed by atoms with E-state index in [2.05, 4.69) is 23.1 Å². The number of nitrogens with one attached hydrogen (secondary N) is 2. The summed E-state index contributed by atoms with van der Waals surface area (Å²) in [7, 11) is -2.71. The third-order valence-electron chi connectivity index (χ3n) is 4.88. The summed E-state index contributed by atoms with van der Waals surface area (Å²) >= 11 is 0. The summed E-state index contributed by atoms with van der Waals surface area (Å²) in [5, 5.41) is 17.1. The van der Waals surface area contributed by atoms with Crippen molar-refractivity contribution in [2.24, 2.45) is 5.73 Å². The number of rotatable bonds is 12. The predicted octanol–water partition coefficient (Wildman–Crippen LogP) is 0.0378. The third-order valence-corrected chi connectivity index (χ3v) is 6.70. The third kappa shape index (κ3) is 7.85. The first-order valence-electron chi connectivity index (χ1n) is 10.0. The van der Waals surface area contributed by atoms with Crippen LogP contribution in [0, 0.1) is 10.1 Å². The molecule has 10 nitrogen and oxygen atoms in total. The molecule has 172 valence electrons. The van der Waals surface area contributed by atoms with Crippen molar-refractivity contribution in [3.05, 3.63) is 52.3 Å². The van der Waals surface area contributed by atoms with E-state index in [0.717, 1.165) is 0 Å². The van der Waals surface area contributed by atoms with Crippen LogP contribution in [0.2, 0.25) is 0 Å². The molecule has 31 heavy (non-hydrogen) atoms. The van der Waals surface area contributed by atoms with Crippen LogP contribution in [0.5, 0.6) is 0 Å². The number of amides is 1. The molecule has 2 rings (SSSR count). The minimum absolute atomic E-state index is 0.0360. The van der Waals surface area contributed by atoms with Crippen molar-refractivity contribution in [3.63, 3.8) is 0 Å². The minimum Gasteiger partial charge on any atom is -0.378 e. The largest absolute Gasteiger partial charge is 0.378 e. The van der Waals surface area contributed by atoms with E-state index in [1.807, 2.05) is 4.90 Å². The molecule has 11 heteroatoms. The van der Waals surface area contributed by atoms with Crippen LogP contribution in [0.15, 0.2) is 36.7 Å². The second-order valence-corrected chi connectivity index (χ2v) is 9.94. The van der Waals surface area contributed by atoms with Crippen LogP contribution < -0.4 is 16.4 Å². The van der Waals surface area contributed by atoms with Gasteiger partial charge in [0.25, 0.3) is 5.69 Å². The highest BCUT2D eigenvalue weighted by Gasteiger charge is 2.24. The van der Waals surface area contributed by atoms with Gasteiger partial charge in [0.1, 0.15) is 6.04 Å². The summed E-state index contributed by atoms with van der Waals surface area (Å²) < 4.78 is 18.4. The highest BCUT2D eigenvalue weighted by molar-refractivity contribution is 7.99. The monoisotopic (exact) mass is 453 g/mol. The molecule has 1 aromatic carbocycles. The standard InChI is InChI=1S/C20H31N5O5S/c1-16(24-10-12-30-13-11-24)23-18(20(26)22-9-8-21)7-14-31(2,29)15-17-5-3-4-6-19(17)25(27)28/h3-6,18,23H,1-2,7-15,21H2,(H,22,26)/t18-,31?/m0/s1. The van der Waals surface area contributed by atoms with Gasteiger partial charge in [-0.15, -0.1) is 0 Å². The Balaban J connectivity index is 2.06. The van der Waals surface area contributed by atoms with E-state index in [0.29, 0.717) is 50.8 Å². The Morgan fingerprint density at radius 3 is 2.68 bits per heavy atom. The molecule has 0 bridgehead atoms. The smallest absolute Gasteiger partial charge is 0.273 e. The van der Waals surface area contributed by atoms with Gasteiger partial charge in [0.2, 0.25) is 5.91 Å². The van der Waals surface area contributed by atoms with Crippen molar-refractivity contribution in [3.8, 4) is 0 Å². The Hall–Kier alpha value is -2.63. The van der Waals surface area contributed by atoms with Gasteiger partial charge in [0.05, 0.1) is 24.0 Å². The molecule has 1 aliphatic rings. The second kappa shape index (κ2) is 11.7. The van der Waals surface area contributed by atoms with E-state index in [1.54, 1.807) is 18.2 Å². The van der Waals surface area contributed by atoms with Crippen molar-refractivity contribution < 1.29 is 18.7 Å². The maximum atomic E-state index is 13.1. The summed E-state index contributed by atoms with van der Waals surface area (Å²) in [5.74, 6) is 4.19. The Morgan fingerprint density at radius 2 is 2.03 bits per heavy atom. The van der Waals surface area contributed by atoms with Gasteiger partial charge in [-0.1, -0.05) is 24.8 Å². The number of morpholine rings is 1. The summed E-state index contributed by atoms with van der Waals surface area (Å²) in [6.45, 7) is 7.10.